The lowest BCUT2D eigenvalue weighted by molar-refractivity contribution is -0.569. The van der Waals surface area contributed by atoms with Gasteiger partial charge in [0.1, 0.15) is 6.10 Å². The monoisotopic (exact) mass is 446 g/mol. The highest BCUT2D eigenvalue weighted by atomic mass is 16.8. The van der Waals surface area contributed by atoms with Gasteiger partial charge in [-0.15, -0.1) is 0 Å². The summed E-state index contributed by atoms with van der Waals surface area (Å²) in [5.74, 6) is -1.05. The van der Waals surface area contributed by atoms with E-state index in [0.29, 0.717) is 13.2 Å². The Bertz CT molecular complexity index is 877. The van der Waals surface area contributed by atoms with E-state index in [1.807, 2.05) is 14.1 Å². The highest BCUT2D eigenvalue weighted by molar-refractivity contribution is 5.89. The maximum absolute atomic E-state index is 11.0. The summed E-state index contributed by atoms with van der Waals surface area (Å²) >= 11 is 0. The Balaban J connectivity index is 1.49. The molecule has 0 bridgehead atoms. The van der Waals surface area contributed by atoms with Gasteiger partial charge in [-0.1, -0.05) is 36.8 Å². The zero-order chi connectivity index (χ0) is 22.6. The maximum Gasteiger partial charge on any atom is 0.309 e. The Morgan fingerprint density at radius 2 is 1.78 bits per heavy atom. The van der Waals surface area contributed by atoms with Gasteiger partial charge in [0.15, 0.2) is 6.54 Å². The standard InChI is InChI=1S/C24H36N3O5/c1-13-6-8-16(9-7-13)11-27-12-29-24-17(27)10-14(2)30-23(24)31-21-15(3)18(25-4)20(28)19(26-5)22(21)32-24/h6-9,14-15,18-23,25-26,28H,10-12H2,1-5H3/q+1. The van der Waals surface area contributed by atoms with Crippen LogP contribution in [0, 0.1) is 12.8 Å². The molecule has 8 nitrogen and oxygen atoms in total. The van der Waals surface area contributed by atoms with E-state index in [1.165, 1.54) is 11.1 Å². The molecule has 32 heavy (non-hydrogen) atoms. The Kier molecular flexibility index (Phi) is 5.90. The Hall–Kier alpha value is -1.39. The molecule has 176 valence electrons. The van der Waals surface area contributed by atoms with E-state index in [4.69, 9.17) is 18.9 Å². The zero-order valence-corrected chi connectivity index (χ0v) is 19.6. The first-order chi connectivity index (χ1) is 15.4. The third-order valence-electron chi connectivity index (χ3n) is 7.62. The normalized spacial score (nSPS) is 43.6. The number of aliphatic hydroxyl groups is 1. The van der Waals surface area contributed by atoms with E-state index in [1.54, 1.807) is 0 Å². The van der Waals surface area contributed by atoms with Crippen LogP contribution < -0.4 is 10.6 Å². The fourth-order valence-corrected chi connectivity index (χ4v) is 5.88. The van der Waals surface area contributed by atoms with Gasteiger partial charge in [0, 0.05) is 17.5 Å². The smallest absolute Gasteiger partial charge is 0.309 e. The summed E-state index contributed by atoms with van der Waals surface area (Å²) in [6.45, 7) is 7.40. The first kappa shape index (κ1) is 22.4. The topological polar surface area (TPSA) is 84.2 Å². The first-order valence-corrected chi connectivity index (χ1v) is 11.7. The summed E-state index contributed by atoms with van der Waals surface area (Å²) in [6, 6.07) is 8.17. The lowest BCUT2D eigenvalue weighted by Gasteiger charge is -2.56. The van der Waals surface area contributed by atoms with E-state index in [9.17, 15) is 5.11 Å². The molecule has 0 radical (unpaired) electrons. The van der Waals surface area contributed by atoms with Crippen molar-refractivity contribution in [2.45, 2.75) is 82.3 Å². The molecular formula is C24H36N3O5+. The van der Waals surface area contributed by atoms with Crippen LogP contribution in [0.3, 0.4) is 0 Å². The molecule has 1 aromatic rings. The number of hydrogen-bond donors (Lipinski definition) is 3. The summed E-state index contributed by atoms with van der Waals surface area (Å²) in [5.41, 5.74) is 3.53. The molecule has 1 aliphatic carbocycles. The first-order valence-electron chi connectivity index (χ1n) is 11.7. The SMILES string of the molecule is CNC1C(C)C2OC3OC(C)CC4=[N+](Cc5ccc(C)cc5)COC43OC2C(NC)C1O. The number of aliphatic hydroxyl groups excluding tert-OH is 1. The molecule has 3 heterocycles. The molecule has 3 aliphatic heterocycles. The minimum absolute atomic E-state index is 0.00447. The molecule has 2 saturated heterocycles. The van der Waals surface area contributed by atoms with Crippen LogP contribution in [0.25, 0.3) is 0 Å². The van der Waals surface area contributed by atoms with Gasteiger partial charge in [0.25, 0.3) is 6.73 Å². The van der Waals surface area contributed by atoms with Crippen molar-refractivity contribution in [1.29, 1.82) is 0 Å². The van der Waals surface area contributed by atoms with E-state index in [0.717, 1.165) is 12.3 Å². The Morgan fingerprint density at radius 1 is 1.06 bits per heavy atom. The van der Waals surface area contributed by atoms with Gasteiger partial charge in [-0.2, -0.15) is 0 Å². The minimum atomic E-state index is -1.08. The van der Waals surface area contributed by atoms with E-state index < -0.39 is 18.2 Å². The summed E-state index contributed by atoms with van der Waals surface area (Å²) in [5, 5.41) is 17.5. The van der Waals surface area contributed by atoms with Crippen molar-refractivity contribution in [3.8, 4) is 0 Å². The van der Waals surface area contributed by atoms with Gasteiger partial charge in [-0.25, -0.2) is 4.58 Å². The number of rotatable bonds is 4. The molecule has 1 saturated carbocycles. The minimum Gasteiger partial charge on any atom is -0.390 e. The van der Waals surface area contributed by atoms with Gasteiger partial charge in [0.05, 0.1) is 30.8 Å². The summed E-state index contributed by atoms with van der Waals surface area (Å²) in [6.07, 6.45) is -1.14. The molecule has 1 spiro atoms. The maximum atomic E-state index is 11.0. The Morgan fingerprint density at radius 3 is 2.47 bits per heavy atom. The van der Waals surface area contributed by atoms with E-state index in [-0.39, 0.29) is 36.3 Å². The predicted molar refractivity (Wildman–Crippen MR) is 118 cm³/mol. The van der Waals surface area contributed by atoms with Gasteiger partial charge >= 0.3 is 5.79 Å². The van der Waals surface area contributed by atoms with Gasteiger partial charge in [-0.05, 0) is 27.9 Å². The number of likely N-dealkylation sites (N-methyl/N-ethyl adjacent to an activating group) is 2. The van der Waals surface area contributed by atoms with Crippen LogP contribution >= 0.6 is 0 Å². The molecule has 1 aromatic carbocycles. The fraction of sp³-hybridized carbons (Fsp3) is 0.708. The average Bonchev–Trinajstić information content (AvgIpc) is 3.11. The molecular weight excluding hydrogens is 410 g/mol. The number of nitrogens with zero attached hydrogens (tertiary/aromatic N) is 1. The van der Waals surface area contributed by atoms with Gasteiger partial charge < -0.3 is 30.0 Å². The van der Waals surface area contributed by atoms with Gasteiger partial charge in [0.2, 0.25) is 12.0 Å². The highest BCUT2D eigenvalue weighted by Crippen LogP contribution is 2.45. The number of fused-ring (bicyclic) bond motifs is 1. The van der Waals surface area contributed by atoms with Crippen molar-refractivity contribution in [2.75, 3.05) is 20.8 Å². The van der Waals surface area contributed by atoms with E-state index in [2.05, 4.69) is 60.2 Å². The van der Waals surface area contributed by atoms with E-state index >= 15 is 0 Å². The second-order valence-electron chi connectivity index (χ2n) is 9.72. The fourth-order valence-electron chi connectivity index (χ4n) is 5.88. The third kappa shape index (κ3) is 3.44. The van der Waals surface area contributed by atoms with Gasteiger partial charge in [-0.3, -0.25) is 4.74 Å². The lowest BCUT2D eigenvalue weighted by Crippen LogP contribution is -2.76. The number of aryl methyl sites for hydroxylation is 1. The lowest BCUT2D eigenvalue weighted by atomic mass is 9.75. The second kappa shape index (κ2) is 8.43. The van der Waals surface area contributed by atoms with Crippen molar-refractivity contribution < 1.29 is 28.6 Å². The number of ether oxygens (including phenoxy) is 4. The molecule has 8 heteroatoms. The molecule has 9 atom stereocenters. The molecule has 0 aromatic heterocycles. The highest BCUT2D eigenvalue weighted by Gasteiger charge is 2.68. The van der Waals surface area contributed by atoms with Crippen LogP contribution in [0.4, 0.5) is 0 Å². The van der Waals surface area contributed by atoms with Crippen molar-refractivity contribution in [1.82, 2.24) is 10.6 Å². The van der Waals surface area contributed by atoms with Crippen LogP contribution in [0.15, 0.2) is 24.3 Å². The number of hydrogen-bond acceptors (Lipinski definition) is 7. The molecule has 9 unspecified atom stereocenters. The van der Waals surface area contributed by atoms with Crippen LogP contribution in [0.5, 0.6) is 0 Å². The molecule has 4 aliphatic rings. The van der Waals surface area contributed by atoms with Crippen molar-refractivity contribution in [3.63, 3.8) is 0 Å². The molecule has 5 rings (SSSR count). The predicted octanol–water partition coefficient (Wildman–Crippen LogP) is 0.738. The Labute approximate surface area is 189 Å². The summed E-state index contributed by atoms with van der Waals surface area (Å²) in [7, 11) is 3.72. The second-order valence-corrected chi connectivity index (χ2v) is 9.72. The van der Waals surface area contributed by atoms with Crippen LogP contribution in [0.2, 0.25) is 0 Å². The third-order valence-corrected chi connectivity index (χ3v) is 7.62. The number of benzene rings is 1. The van der Waals surface area contributed by atoms with Crippen molar-refractivity contribution in [3.05, 3.63) is 35.4 Å². The summed E-state index contributed by atoms with van der Waals surface area (Å²) < 4.78 is 28.2. The van der Waals surface area contributed by atoms with Crippen LogP contribution in [-0.2, 0) is 25.5 Å². The molecule has 0 amide bonds. The van der Waals surface area contributed by atoms with Crippen LogP contribution in [-0.4, -0.2) is 84.8 Å². The quantitative estimate of drug-likeness (QED) is 0.589. The number of nitrogens with one attached hydrogen (secondary N) is 2. The zero-order valence-electron chi connectivity index (χ0n) is 19.6. The van der Waals surface area contributed by atoms with Crippen molar-refractivity contribution >= 4 is 5.71 Å². The molecule has 3 N–H and O–H groups in total. The van der Waals surface area contributed by atoms with Crippen LogP contribution in [0.1, 0.15) is 31.4 Å². The summed E-state index contributed by atoms with van der Waals surface area (Å²) in [4.78, 5) is 0. The van der Waals surface area contributed by atoms with Crippen molar-refractivity contribution in [2.24, 2.45) is 5.92 Å². The largest absolute Gasteiger partial charge is 0.390 e. The molecule has 3 fully saturated rings. The average molecular weight is 447 g/mol.